The van der Waals surface area contributed by atoms with E-state index in [4.69, 9.17) is 0 Å². The SMILES string of the molecule is CCC1=CC(C(=CN2C=CCC(C)C(c3cc(C(F)(F)F)cc(C(F)(F)F)c3)=N2)C(=O)O)=CC(F)=CC1. The van der Waals surface area contributed by atoms with Crippen molar-refractivity contribution in [1.82, 2.24) is 5.01 Å². The van der Waals surface area contributed by atoms with Gasteiger partial charge in [-0.1, -0.05) is 31.6 Å². The maximum absolute atomic E-state index is 14.2. The van der Waals surface area contributed by atoms with Crippen molar-refractivity contribution >= 4 is 11.7 Å². The summed E-state index contributed by atoms with van der Waals surface area (Å²) in [5.41, 5.74) is -3.03. The molecule has 3 rings (SSSR count). The first-order valence-electron chi connectivity index (χ1n) is 11.2. The van der Waals surface area contributed by atoms with Gasteiger partial charge in [0, 0.05) is 18.3 Å². The highest BCUT2D eigenvalue weighted by Crippen LogP contribution is 2.37. The fourth-order valence-electron chi connectivity index (χ4n) is 3.80. The molecule has 0 saturated heterocycles. The number of benzene rings is 1. The van der Waals surface area contributed by atoms with Crippen LogP contribution in [0.4, 0.5) is 30.7 Å². The van der Waals surface area contributed by atoms with Crippen LogP contribution in [0.2, 0.25) is 0 Å². The van der Waals surface area contributed by atoms with Gasteiger partial charge in [0.25, 0.3) is 0 Å². The molecule has 1 aliphatic carbocycles. The Kier molecular flexibility index (Phi) is 8.14. The largest absolute Gasteiger partial charge is 0.478 e. The highest BCUT2D eigenvalue weighted by Gasteiger charge is 2.37. The van der Waals surface area contributed by atoms with Crippen LogP contribution in [-0.4, -0.2) is 21.8 Å². The monoisotopic (exact) mass is 528 g/mol. The van der Waals surface area contributed by atoms with Gasteiger partial charge in [-0.15, -0.1) is 0 Å². The number of hydrogen-bond donors (Lipinski definition) is 1. The van der Waals surface area contributed by atoms with Gasteiger partial charge in [0.05, 0.1) is 22.4 Å². The minimum atomic E-state index is -5.04. The Morgan fingerprint density at radius 2 is 1.73 bits per heavy atom. The van der Waals surface area contributed by atoms with Gasteiger partial charge in [0.2, 0.25) is 0 Å². The second kappa shape index (κ2) is 10.8. The van der Waals surface area contributed by atoms with Crippen molar-refractivity contribution < 1.29 is 40.6 Å². The zero-order valence-corrected chi connectivity index (χ0v) is 19.8. The molecule has 198 valence electrons. The van der Waals surface area contributed by atoms with E-state index < -0.39 is 46.8 Å². The van der Waals surface area contributed by atoms with Crippen molar-refractivity contribution in [2.45, 2.75) is 45.5 Å². The molecule has 1 heterocycles. The third-order valence-electron chi connectivity index (χ3n) is 5.79. The number of aliphatic carboxylic acids is 1. The van der Waals surface area contributed by atoms with Crippen LogP contribution in [0, 0.1) is 5.92 Å². The van der Waals surface area contributed by atoms with Crippen molar-refractivity contribution in [1.29, 1.82) is 0 Å². The van der Waals surface area contributed by atoms with Crippen LogP contribution in [-0.2, 0) is 17.1 Å². The minimum absolute atomic E-state index is 0.0299. The molecule has 37 heavy (non-hydrogen) atoms. The van der Waals surface area contributed by atoms with Crippen molar-refractivity contribution in [2.24, 2.45) is 11.0 Å². The highest BCUT2D eigenvalue weighted by molar-refractivity contribution is 6.02. The predicted octanol–water partition coefficient (Wildman–Crippen LogP) is 7.77. The first kappa shape index (κ1) is 27.9. The van der Waals surface area contributed by atoms with E-state index in [2.05, 4.69) is 5.10 Å². The number of carboxylic acid groups (broad SMARTS) is 1. The standard InChI is InChI=1S/C26H23F7N2O2/c1-3-16-6-7-21(27)12-17(9-16)22(24(36)37)14-35-8-4-5-15(2)23(34-35)18-10-19(25(28,29)30)13-20(11-18)26(31,32)33/h4,7-15H,3,5-6H2,1-2H3,(H,36,37). The van der Waals surface area contributed by atoms with Gasteiger partial charge in [-0.25, -0.2) is 14.2 Å². The lowest BCUT2D eigenvalue weighted by atomic mass is 9.93. The molecule has 0 saturated carbocycles. The van der Waals surface area contributed by atoms with Gasteiger partial charge < -0.3 is 5.11 Å². The lowest BCUT2D eigenvalue weighted by molar-refractivity contribution is -0.143. The molecule has 4 nitrogen and oxygen atoms in total. The van der Waals surface area contributed by atoms with Crippen LogP contribution < -0.4 is 0 Å². The number of rotatable bonds is 5. The van der Waals surface area contributed by atoms with Gasteiger partial charge in [-0.2, -0.15) is 31.4 Å². The molecule has 0 radical (unpaired) electrons. The Morgan fingerprint density at radius 1 is 1.11 bits per heavy atom. The Labute approximate surface area is 208 Å². The molecule has 2 aliphatic rings. The molecule has 1 unspecified atom stereocenters. The molecule has 1 atom stereocenters. The first-order valence-corrected chi connectivity index (χ1v) is 11.2. The minimum Gasteiger partial charge on any atom is -0.478 e. The van der Waals surface area contributed by atoms with E-state index in [1.807, 2.05) is 6.92 Å². The summed E-state index contributed by atoms with van der Waals surface area (Å²) in [6, 6.07) is 1.20. The van der Waals surface area contributed by atoms with Gasteiger partial charge in [0.1, 0.15) is 5.83 Å². The third-order valence-corrected chi connectivity index (χ3v) is 5.79. The lowest BCUT2D eigenvalue weighted by Crippen LogP contribution is -2.19. The maximum atomic E-state index is 14.2. The van der Waals surface area contributed by atoms with E-state index in [9.17, 15) is 40.6 Å². The molecule has 0 bridgehead atoms. The molecule has 1 aliphatic heterocycles. The second-order valence-corrected chi connectivity index (χ2v) is 8.58. The molecule has 0 spiro atoms. The Morgan fingerprint density at radius 3 is 2.27 bits per heavy atom. The number of allylic oxidation sites excluding steroid dienone is 6. The van der Waals surface area contributed by atoms with Crippen molar-refractivity contribution in [2.75, 3.05) is 0 Å². The van der Waals surface area contributed by atoms with Crippen LogP contribution in [0.5, 0.6) is 0 Å². The molecule has 11 heteroatoms. The quantitative estimate of drug-likeness (QED) is 0.314. The van der Waals surface area contributed by atoms with Crippen LogP contribution in [0.3, 0.4) is 0 Å². The zero-order chi connectivity index (χ0) is 27.5. The fraction of sp³-hybridized carbons (Fsp3) is 0.308. The van der Waals surface area contributed by atoms with Crippen molar-refractivity contribution in [3.05, 3.63) is 94.1 Å². The number of hydrogen-bond acceptors (Lipinski definition) is 3. The number of halogens is 7. The van der Waals surface area contributed by atoms with Gasteiger partial charge >= 0.3 is 18.3 Å². The molecule has 0 amide bonds. The van der Waals surface area contributed by atoms with Crippen molar-refractivity contribution in [3.8, 4) is 0 Å². The molecule has 0 fully saturated rings. The number of carboxylic acids is 1. The number of hydrazone groups is 1. The predicted molar refractivity (Wildman–Crippen MR) is 124 cm³/mol. The van der Waals surface area contributed by atoms with Gasteiger partial charge in [-0.3, -0.25) is 0 Å². The average Bonchev–Trinajstić information content (AvgIpc) is 3.10. The summed E-state index contributed by atoms with van der Waals surface area (Å²) in [6.07, 6.45) is -1.21. The Hall–Kier alpha value is -3.63. The Balaban J connectivity index is 2.16. The number of carbonyl (C=O) groups is 1. The average molecular weight is 528 g/mol. The third kappa shape index (κ3) is 6.99. The van der Waals surface area contributed by atoms with Gasteiger partial charge in [0.15, 0.2) is 0 Å². The zero-order valence-electron chi connectivity index (χ0n) is 19.8. The van der Waals surface area contributed by atoms with Crippen LogP contribution in [0.15, 0.2) is 82.6 Å². The molecule has 1 aromatic rings. The molecular weight excluding hydrogens is 505 g/mol. The highest BCUT2D eigenvalue weighted by atomic mass is 19.4. The summed E-state index contributed by atoms with van der Waals surface area (Å²) in [7, 11) is 0. The van der Waals surface area contributed by atoms with E-state index in [-0.39, 0.29) is 35.8 Å². The topological polar surface area (TPSA) is 52.9 Å². The number of nitrogens with zero attached hydrogens (tertiary/aromatic N) is 2. The summed E-state index contributed by atoms with van der Waals surface area (Å²) < 4.78 is 94.6. The summed E-state index contributed by atoms with van der Waals surface area (Å²) in [4.78, 5) is 12.1. The van der Waals surface area contributed by atoms with E-state index in [0.29, 0.717) is 18.6 Å². The molecule has 1 aromatic carbocycles. The smallest absolute Gasteiger partial charge is 0.416 e. The van der Waals surface area contributed by atoms with Gasteiger partial charge in [-0.05, 0) is 60.8 Å². The maximum Gasteiger partial charge on any atom is 0.416 e. The van der Waals surface area contributed by atoms with E-state index in [1.165, 1.54) is 18.4 Å². The Bertz CT molecular complexity index is 1220. The summed E-state index contributed by atoms with van der Waals surface area (Å²) in [6.45, 7) is 3.40. The normalized spacial score (nSPS) is 19.4. The van der Waals surface area contributed by atoms with E-state index in [1.54, 1.807) is 13.0 Å². The lowest BCUT2D eigenvalue weighted by Gasteiger charge is -2.19. The van der Waals surface area contributed by atoms with Crippen LogP contribution in [0.25, 0.3) is 0 Å². The first-order chi connectivity index (χ1) is 17.2. The van der Waals surface area contributed by atoms with E-state index >= 15 is 0 Å². The van der Waals surface area contributed by atoms with Crippen LogP contribution in [0.1, 0.15) is 49.8 Å². The van der Waals surface area contributed by atoms with E-state index in [0.717, 1.165) is 22.9 Å². The second-order valence-electron chi connectivity index (χ2n) is 8.58. The number of alkyl halides is 6. The summed E-state index contributed by atoms with van der Waals surface area (Å²) >= 11 is 0. The molecule has 0 aromatic heterocycles. The van der Waals surface area contributed by atoms with Crippen LogP contribution >= 0.6 is 0 Å². The summed E-state index contributed by atoms with van der Waals surface area (Å²) in [5.74, 6) is -2.67. The van der Waals surface area contributed by atoms with Crippen molar-refractivity contribution in [3.63, 3.8) is 0 Å². The molecule has 1 N–H and O–H groups in total. The fourth-order valence-corrected chi connectivity index (χ4v) is 3.80. The molecular formula is C26H23F7N2O2. The summed E-state index contributed by atoms with van der Waals surface area (Å²) in [5, 5.41) is 15.0.